The molecule has 0 saturated carbocycles. The molecule has 0 N–H and O–H groups in total. The number of benzene rings is 1. The van der Waals surface area contributed by atoms with Crippen LogP contribution in [0.25, 0.3) is 0 Å². The summed E-state index contributed by atoms with van der Waals surface area (Å²) in [5, 5.41) is 0. The zero-order valence-corrected chi connectivity index (χ0v) is 13.1. The molecule has 1 amide bonds. The summed E-state index contributed by atoms with van der Waals surface area (Å²) in [7, 11) is 0. The maximum atomic E-state index is 12.9. The third-order valence-corrected chi connectivity index (χ3v) is 4.85. The highest BCUT2D eigenvalue weighted by atomic mass is 16.2. The minimum absolute atomic E-state index is 0.0598. The van der Waals surface area contributed by atoms with E-state index < -0.39 is 0 Å². The normalized spacial score (nSPS) is 22.3. The van der Waals surface area contributed by atoms with Gasteiger partial charge in [-0.25, -0.2) is 0 Å². The molecule has 1 atom stereocenters. The summed E-state index contributed by atoms with van der Waals surface area (Å²) >= 11 is 0. The van der Waals surface area contributed by atoms with Crippen molar-refractivity contribution in [2.45, 2.75) is 51.6 Å². The van der Waals surface area contributed by atoms with Gasteiger partial charge in [-0.3, -0.25) is 9.69 Å². The molecule has 2 aliphatic rings. The van der Waals surface area contributed by atoms with Crippen LogP contribution in [0, 0.1) is 0 Å². The van der Waals surface area contributed by atoms with E-state index in [1.807, 2.05) is 0 Å². The van der Waals surface area contributed by atoms with Crippen molar-refractivity contribution in [3.63, 3.8) is 0 Å². The van der Waals surface area contributed by atoms with Gasteiger partial charge in [0.15, 0.2) is 0 Å². The molecule has 21 heavy (non-hydrogen) atoms. The van der Waals surface area contributed by atoms with Gasteiger partial charge < -0.3 is 4.90 Å². The topological polar surface area (TPSA) is 23.6 Å². The number of likely N-dealkylation sites (tertiary alicyclic amines) is 1. The van der Waals surface area contributed by atoms with Crippen molar-refractivity contribution in [2.24, 2.45) is 0 Å². The minimum Gasteiger partial charge on any atom is -0.341 e. The van der Waals surface area contributed by atoms with Gasteiger partial charge in [-0.15, -0.1) is 0 Å². The molecule has 0 radical (unpaired) electrons. The molecule has 114 valence electrons. The van der Waals surface area contributed by atoms with E-state index in [1.54, 1.807) is 0 Å². The molecule has 1 aromatic rings. The van der Waals surface area contributed by atoms with Gasteiger partial charge in [0.2, 0.25) is 5.91 Å². The monoisotopic (exact) mass is 286 g/mol. The second-order valence-electron chi connectivity index (χ2n) is 6.35. The number of rotatable bonds is 4. The highest BCUT2D eigenvalue weighted by Gasteiger charge is 2.34. The molecule has 0 aliphatic carbocycles. The lowest BCUT2D eigenvalue weighted by atomic mass is 9.93. The number of hydrogen-bond donors (Lipinski definition) is 0. The van der Waals surface area contributed by atoms with Gasteiger partial charge in [0.1, 0.15) is 0 Å². The van der Waals surface area contributed by atoms with E-state index in [1.165, 1.54) is 36.8 Å². The molecule has 1 fully saturated rings. The Bertz CT molecular complexity index is 494. The predicted octanol–water partition coefficient (Wildman–Crippen LogP) is 2.84. The van der Waals surface area contributed by atoms with Gasteiger partial charge in [-0.1, -0.05) is 37.6 Å². The average Bonchev–Trinajstić information content (AvgIpc) is 3.05. The molecular weight excluding hydrogens is 260 g/mol. The van der Waals surface area contributed by atoms with Crippen LogP contribution in [0.3, 0.4) is 0 Å². The highest BCUT2D eigenvalue weighted by Crippen LogP contribution is 2.25. The van der Waals surface area contributed by atoms with Crippen LogP contribution >= 0.6 is 0 Å². The fraction of sp³-hybridized carbons (Fsp3) is 0.611. The van der Waals surface area contributed by atoms with E-state index >= 15 is 0 Å². The maximum Gasteiger partial charge on any atom is 0.240 e. The van der Waals surface area contributed by atoms with Gasteiger partial charge in [0, 0.05) is 19.6 Å². The van der Waals surface area contributed by atoms with Crippen molar-refractivity contribution >= 4 is 5.91 Å². The first-order valence-electron chi connectivity index (χ1n) is 8.39. The fourth-order valence-corrected chi connectivity index (χ4v) is 3.57. The molecule has 0 spiro atoms. The summed E-state index contributed by atoms with van der Waals surface area (Å²) in [4.78, 5) is 17.4. The third kappa shape index (κ3) is 3.13. The van der Waals surface area contributed by atoms with Gasteiger partial charge >= 0.3 is 0 Å². The summed E-state index contributed by atoms with van der Waals surface area (Å²) in [6, 6.07) is 8.67. The predicted molar refractivity (Wildman–Crippen MR) is 85.1 cm³/mol. The molecule has 2 aliphatic heterocycles. The summed E-state index contributed by atoms with van der Waals surface area (Å²) in [6.45, 7) is 6.10. The highest BCUT2D eigenvalue weighted by molar-refractivity contribution is 5.82. The summed E-state index contributed by atoms with van der Waals surface area (Å²) in [5.41, 5.74) is 2.77. The summed E-state index contributed by atoms with van der Waals surface area (Å²) in [6.07, 6.45) is 5.58. The average molecular weight is 286 g/mol. The minimum atomic E-state index is 0.0598. The van der Waals surface area contributed by atoms with Crippen molar-refractivity contribution in [1.82, 2.24) is 9.80 Å². The van der Waals surface area contributed by atoms with E-state index in [0.29, 0.717) is 5.91 Å². The van der Waals surface area contributed by atoms with Crippen LogP contribution in [-0.4, -0.2) is 41.4 Å². The fourth-order valence-electron chi connectivity index (χ4n) is 3.57. The number of unbranched alkanes of at least 4 members (excludes halogenated alkanes) is 1. The lowest BCUT2D eigenvalue weighted by Gasteiger charge is -2.37. The Morgan fingerprint density at radius 3 is 2.62 bits per heavy atom. The molecule has 3 nitrogen and oxygen atoms in total. The molecule has 1 saturated heterocycles. The Kier molecular flexibility index (Phi) is 4.59. The van der Waals surface area contributed by atoms with Crippen molar-refractivity contribution in [3.05, 3.63) is 35.4 Å². The Morgan fingerprint density at radius 2 is 1.90 bits per heavy atom. The van der Waals surface area contributed by atoms with E-state index in [9.17, 15) is 4.79 Å². The number of amides is 1. The molecule has 3 rings (SSSR count). The number of hydrogen-bond acceptors (Lipinski definition) is 2. The standard InChI is InChI=1S/C18H26N2O/c1-2-3-10-20-14-16-9-5-4-8-15(16)13-17(20)18(21)19-11-6-7-12-19/h4-5,8-9,17H,2-3,6-7,10-14H2,1H3/t17-/m1/s1. The molecule has 0 aromatic heterocycles. The Labute approximate surface area is 127 Å². The molecule has 3 heteroatoms. The number of carbonyl (C=O) groups excluding carboxylic acids is 1. The second kappa shape index (κ2) is 6.61. The molecule has 0 unspecified atom stereocenters. The first-order chi connectivity index (χ1) is 10.3. The van der Waals surface area contributed by atoms with Crippen LogP contribution in [-0.2, 0) is 17.8 Å². The smallest absolute Gasteiger partial charge is 0.240 e. The maximum absolute atomic E-state index is 12.9. The lowest BCUT2D eigenvalue weighted by Crippen LogP contribution is -2.51. The van der Waals surface area contributed by atoms with Crippen molar-refractivity contribution in [1.29, 1.82) is 0 Å². The van der Waals surface area contributed by atoms with Crippen molar-refractivity contribution < 1.29 is 4.79 Å². The first kappa shape index (κ1) is 14.6. The molecule has 2 heterocycles. The van der Waals surface area contributed by atoms with Crippen LogP contribution in [0.4, 0.5) is 0 Å². The van der Waals surface area contributed by atoms with Crippen LogP contribution < -0.4 is 0 Å². The van der Waals surface area contributed by atoms with Crippen LogP contribution in [0.5, 0.6) is 0 Å². The van der Waals surface area contributed by atoms with E-state index in [4.69, 9.17) is 0 Å². The number of fused-ring (bicyclic) bond motifs is 1. The van der Waals surface area contributed by atoms with Gasteiger partial charge in [0.25, 0.3) is 0 Å². The zero-order valence-electron chi connectivity index (χ0n) is 13.1. The molecule has 1 aromatic carbocycles. The summed E-state index contributed by atoms with van der Waals surface area (Å²) < 4.78 is 0. The Balaban J connectivity index is 1.79. The van der Waals surface area contributed by atoms with Crippen LogP contribution in [0.2, 0.25) is 0 Å². The Hall–Kier alpha value is -1.35. The van der Waals surface area contributed by atoms with Gasteiger partial charge in [-0.05, 0) is 43.4 Å². The first-order valence-corrected chi connectivity index (χ1v) is 8.39. The lowest BCUT2D eigenvalue weighted by molar-refractivity contribution is -0.136. The second-order valence-corrected chi connectivity index (χ2v) is 6.35. The number of carbonyl (C=O) groups is 1. The van der Waals surface area contributed by atoms with Gasteiger partial charge in [-0.2, -0.15) is 0 Å². The van der Waals surface area contributed by atoms with Crippen LogP contribution in [0.15, 0.2) is 24.3 Å². The summed E-state index contributed by atoms with van der Waals surface area (Å²) in [5.74, 6) is 0.359. The quantitative estimate of drug-likeness (QED) is 0.850. The van der Waals surface area contributed by atoms with Gasteiger partial charge in [0.05, 0.1) is 6.04 Å². The third-order valence-electron chi connectivity index (χ3n) is 4.85. The van der Waals surface area contributed by atoms with Crippen LogP contribution in [0.1, 0.15) is 43.7 Å². The largest absolute Gasteiger partial charge is 0.341 e. The molecule has 0 bridgehead atoms. The SMILES string of the molecule is CCCCN1Cc2ccccc2C[C@@H]1C(=O)N1CCCC1. The van der Waals surface area contributed by atoms with E-state index in [-0.39, 0.29) is 6.04 Å². The number of nitrogens with zero attached hydrogens (tertiary/aromatic N) is 2. The Morgan fingerprint density at radius 1 is 1.19 bits per heavy atom. The van der Waals surface area contributed by atoms with E-state index in [0.717, 1.165) is 32.6 Å². The van der Waals surface area contributed by atoms with Crippen molar-refractivity contribution in [2.75, 3.05) is 19.6 Å². The van der Waals surface area contributed by atoms with E-state index in [2.05, 4.69) is 41.0 Å². The molecular formula is C18H26N2O. The zero-order chi connectivity index (χ0) is 14.7. The van der Waals surface area contributed by atoms with Crippen molar-refractivity contribution in [3.8, 4) is 0 Å².